The molecule has 6 nitrogen and oxygen atoms in total. The number of rotatable bonds is 4. The Morgan fingerprint density at radius 3 is 2.96 bits per heavy atom. The molecule has 1 aliphatic heterocycles. The first-order chi connectivity index (χ1) is 12.7. The molecule has 132 valence electrons. The van der Waals surface area contributed by atoms with Crippen LogP contribution in [0, 0.1) is 0 Å². The molecule has 26 heavy (non-hydrogen) atoms. The van der Waals surface area contributed by atoms with Gasteiger partial charge < -0.3 is 19.8 Å². The molecule has 3 heterocycles. The van der Waals surface area contributed by atoms with Crippen molar-refractivity contribution in [3.8, 4) is 11.5 Å². The van der Waals surface area contributed by atoms with Gasteiger partial charge in [-0.2, -0.15) is 0 Å². The molecule has 0 spiro atoms. The van der Waals surface area contributed by atoms with E-state index in [9.17, 15) is 4.79 Å². The molecule has 0 amide bonds. The fraction of sp³-hybridized carbons (Fsp3) is 0.200. The Bertz CT molecular complexity index is 991. The second-order valence-electron chi connectivity index (χ2n) is 6.07. The van der Waals surface area contributed by atoms with Gasteiger partial charge in [0.1, 0.15) is 22.7 Å². The molecule has 0 saturated heterocycles. The number of H-pyrrole nitrogens is 1. The Balaban J connectivity index is 1.73. The van der Waals surface area contributed by atoms with Gasteiger partial charge in [-0.15, -0.1) is 0 Å². The third-order valence-electron chi connectivity index (χ3n) is 4.42. The number of aromatic nitrogens is 2. The molecular weight excluding hydrogens is 330 g/mol. The molecule has 1 aliphatic rings. The van der Waals surface area contributed by atoms with Crippen molar-refractivity contribution in [2.75, 3.05) is 20.2 Å². The lowest BCUT2D eigenvalue weighted by atomic mass is 9.98. The van der Waals surface area contributed by atoms with E-state index in [2.05, 4.69) is 21.4 Å². The highest BCUT2D eigenvalue weighted by molar-refractivity contribution is 5.93. The van der Waals surface area contributed by atoms with Gasteiger partial charge in [0.25, 0.3) is 0 Å². The normalized spacial score (nSPS) is 14.1. The topological polar surface area (TPSA) is 76.2 Å². The molecule has 0 aliphatic carbocycles. The van der Waals surface area contributed by atoms with Crippen LogP contribution in [0.3, 0.4) is 0 Å². The van der Waals surface area contributed by atoms with Crippen LogP contribution in [0.4, 0.5) is 0 Å². The molecule has 0 fully saturated rings. The molecule has 0 saturated carbocycles. The highest BCUT2D eigenvalue weighted by atomic mass is 16.5. The average molecular weight is 349 g/mol. The third-order valence-corrected chi connectivity index (χ3v) is 4.42. The highest BCUT2D eigenvalue weighted by Crippen LogP contribution is 2.31. The number of hydrogen-bond donors (Lipinski definition) is 2. The number of nitrogens with zero attached hydrogens (tertiary/aromatic N) is 1. The van der Waals surface area contributed by atoms with E-state index in [-0.39, 0.29) is 0 Å². The summed E-state index contributed by atoms with van der Waals surface area (Å²) in [6, 6.07) is 9.39. The number of esters is 1. The van der Waals surface area contributed by atoms with Crippen molar-refractivity contribution in [1.29, 1.82) is 0 Å². The van der Waals surface area contributed by atoms with Crippen LogP contribution >= 0.6 is 0 Å². The van der Waals surface area contributed by atoms with E-state index in [0.717, 1.165) is 36.1 Å². The molecule has 0 unspecified atom stereocenters. The largest absolute Gasteiger partial charge is 0.465 e. The minimum absolute atomic E-state index is 0.389. The summed E-state index contributed by atoms with van der Waals surface area (Å²) in [5, 5.41) is 4.24. The van der Waals surface area contributed by atoms with Crippen molar-refractivity contribution in [3.05, 3.63) is 59.9 Å². The molecule has 6 heteroatoms. The van der Waals surface area contributed by atoms with Gasteiger partial charge in [-0.3, -0.25) is 0 Å². The smallest absolute Gasteiger partial charge is 0.341 e. The molecular formula is C20H19N3O3. The summed E-state index contributed by atoms with van der Waals surface area (Å²) in [6.07, 6.45) is 6.56. The molecule has 3 aromatic rings. The molecule has 2 N–H and O–H groups in total. The Kier molecular flexibility index (Phi) is 4.41. The maximum atomic E-state index is 12.1. The van der Waals surface area contributed by atoms with Crippen LogP contribution < -0.4 is 10.1 Å². The van der Waals surface area contributed by atoms with Crippen LogP contribution in [-0.4, -0.2) is 36.1 Å². The van der Waals surface area contributed by atoms with Crippen molar-refractivity contribution in [2.45, 2.75) is 6.42 Å². The van der Waals surface area contributed by atoms with Crippen molar-refractivity contribution in [2.24, 2.45) is 0 Å². The summed E-state index contributed by atoms with van der Waals surface area (Å²) in [5.74, 6) is 0.602. The predicted molar refractivity (Wildman–Crippen MR) is 99.4 cm³/mol. The van der Waals surface area contributed by atoms with Gasteiger partial charge in [0.2, 0.25) is 0 Å². The number of carbonyl (C=O) groups excluding carboxylic acids is 1. The average Bonchev–Trinajstić information content (AvgIpc) is 3.16. The lowest BCUT2D eigenvalue weighted by Gasteiger charge is -2.16. The van der Waals surface area contributed by atoms with Gasteiger partial charge in [-0.1, -0.05) is 12.1 Å². The van der Waals surface area contributed by atoms with Crippen LogP contribution in [0.15, 0.2) is 48.8 Å². The van der Waals surface area contributed by atoms with Crippen molar-refractivity contribution in [3.63, 3.8) is 0 Å². The standard InChI is InChI=1S/C20H19N3O3/c1-25-20(24)17-3-2-14(13-4-7-21-8-5-13)11-18(17)26-16-10-15-6-9-22-19(15)23-12-16/h2-4,6,9-12,21H,5,7-8H2,1H3,(H,22,23). The van der Waals surface area contributed by atoms with E-state index < -0.39 is 5.97 Å². The molecule has 2 aromatic heterocycles. The van der Waals surface area contributed by atoms with E-state index in [1.165, 1.54) is 12.7 Å². The first kappa shape index (κ1) is 16.4. The minimum Gasteiger partial charge on any atom is -0.465 e. The van der Waals surface area contributed by atoms with E-state index in [0.29, 0.717) is 17.1 Å². The van der Waals surface area contributed by atoms with Gasteiger partial charge in [0.05, 0.1) is 13.3 Å². The predicted octanol–water partition coefficient (Wildman–Crippen LogP) is 3.52. The number of fused-ring (bicyclic) bond motifs is 1. The fourth-order valence-corrected chi connectivity index (χ4v) is 3.07. The van der Waals surface area contributed by atoms with Crippen molar-refractivity contribution in [1.82, 2.24) is 15.3 Å². The van der Waals surface area contributed by atoms with Gasteiger partial charge in [0, 0.05) is 18.1 Å². The second-order valence-corrected chi connectivity index (χ2v) is 6.07. The third kappa shape index (κ3) is 3.19. The number of nitrogens with one attached hydrogen (secondary N) is 2. The Morgan fingerprint density at radius 1 is 1.23 bits per heavy atom. The zero-order valence-electron chi connectivity index (χ0n) is 14.4. The number of benzene rings is 1. The highest BCUT2D eigenvalue weighted by Gasteiger charge is 2.17. The molecule has 0 atom stereocenters. The van der Waals surface area contributed by atoms with Crippen molar-refractivity contribution < 1.29 is 14.3 Å². The Labute approximate surface area is 150 Å². The van der Waals surface area contributed by atoms with Crippen LogP contribution in [-0.2, 0) is 4.74 Å². The molecule has 1 aromatic carbocycles. The maximum absolute atomic E-state index is 12.1. The summed E-state index contributed by atoms with van der Waals surface area (Å²) in [7, 11) is 1.36. The molecule has 0 bridgehead atoms. The quantitative estimate of drug-likeness (QED) is 0.705. The van der Waals surface area contributed by atoms with Gasteiger partial charge in [0.15, 0.2) is 0 Å². The zero-order valence-corrected chi connectivity index (χ0v) is 14.4. The van der Waals surface area contributed by atoms with Crippen LogP contribution in [0.1, 0.15) is 22.3 Å². The molecule has 4 rings (SSSR count). The minimum atomic E-state index is -0.429. The first-order valence-electron chi connectivity index (χ1n) is 8.48. The van der Waals surface area contributed by atoms with Crippen LogP contribution in [0.5, 0.6) is 11.5 Å². The number of aromatic amines is 1. The summed E-state index contributed by atoms with van der Waals surface area (Å²) in [5.41, 5.74) is 3.47. The summed E-state index contributed by atoms with van der Waals surface area (Å²) in [6.45, 7) is 1.78. The van der Waals surface area contributed by atoms with E-state index in [4.69, 9.17) is 9.47 Å². The second kappa shape index (κ2) is 7.01. The van der Waals surface area contributed by atoms with E-state index in [1.54, 1.807) is 12.3 Å². The monoisotopic (exact) mass is 349 g/mol. The number of methoxy groups -OCH3 is 1. The Morgan fingerprint density at radius 2 is 2.15 bits per heavy atom. The number of ether oxygens (including phenoxy) is 2. The molecule has 0 radical (unpaired) electrons. The Hall–Kier alpha value is -3.12. The van der Waals surface area contributed by atoms with Gasteiger partial charge in [-0.05, 0) is 48.4 Å². The maximum Gasteiger partial charge on any atom is 0.341 e. The van der Waals surface area contributed by atoms with E-state index in [1.807, 2.05) is 30.5 Å². The number of carbonyl (C=O) groups is 1. The number of hydrogen-bond acceptors (Lipinski definition) is 5. The summed E-state index contributed by atoms with van der Waals surface area (Å²) in [4.78, 5) is 19.5. The summed E-state index contributed by atoms with van der Waals surface area (Å²) < 4.78 is 10.9. The number of pyridine rings is 1. The van der Waals surface area contributed by atoms with E-state index >= 15 is 0 Å². The first-order valence-corrected chi connectivity index (χ1v) is 8.48. The fourth-order valence-electron chi connectivity index (χ4n) is 3.07. The summed E-state index contributed by atoms with van der Waals surface area (Å²) >= 11 is 0. The lowest BCUT2D eigenvalue weighted by Crippen LogP contribution is -2.20. The zero-order chi connectivity index (χ0) is 17.9. The lowest BCUT2D eigenvalue weighted by molar-refractivity contribution is 0.0598. The van der Waals surface area contributed by atoms with Gasteiger partial charge in [-0.25, -0.2) is 9.78 Å². The van der Waals surface area contributed by atoms with Gasteiger partial charge >= 0.3 is 5.97 Å². The SMILES string of the molecule is COC(=O)c1ccc(C2=CCNCC2)cc1Oc1cnc2[nH]ccc2c1. The van der Waals surface area contributed by atoms with Crippen molar-refractivity contribution >= 4 is 22.6 Å². The van der Waals surface area contributed by atoms with Crippen LogP contribution in [0.25, 0.3) is 16.6 Å². The van der Waals surface area contributed by atoms with Crippen LogP contribution in [0.2, 0.25) is 0 Å².